The van der Waals surface area contributed by atoms with Crippen LogP contribution in [0.3, 0.4) is 0 Å². The number of nitrogens with one attached hydrogen (secondary N) is 1. The number of thiophene rings is 1. The van der Waals surface area contributed by atoms with Crippen LogP contribution in [-0.4, -0.2) is 33.1 Å². The second kappa shape index (κ2) is 6.58. The molecule has 0 saturated carbocycles. The number of hydrogen-bond donors (Lipinski definition) is 2. The van der Waals surface area contributed by atoms with Crippen molar-refractivity contribution in [1.82, 2.24) is 20.2 Å². The van der Waals surface area contributed by atoms with E-state index in [1.54, 1.807) is 11.3 Å². The van der Waals surface area contributed by atoms with Crippen LogP contribution in [0, 0.1) is 0 Å². The van der Waals surface area contributed by atoms with Gasteiger partial charge in [0.25, 0.3) is 0 Å². The van der Waals surface area contributed by atoms with E-state index in [4.69, 9.17) is 5.84 Å². The van der Waals surface area contributed by atoms with E-state index < -0.39 is 0 Å². The summed E-state index contributed by atoms with van der Waals surface area (Å²) in [5.74, 6) is 6.81. The zero-order valence-electron chi connectivity index (χ0n) is 10.5. The molecule has 0 atom stereocenters. The number of hydrogen-bond acceptors (Lipinski definition) is 6. The van der Waals surface area contributed by atoms with Crippen molar-refractivity contribution >= 4 is 29.0 Å². The summed E-state index contributed by atoms with van der Waals surface area (Å²) in [7, 11) is 0. The van der Waals surface area contributed by atoms with E-state index in [-0.39, 0.29) is 5.91 Å². The van der Waals surface area contributed by atoms with Gasteiger partial charge in [-0.3, -0.25) is 4.79 Å². The summed E-state index contributed by atoms with van der Waals surface area (Å²) in [5, 5.41) is 13.3. The molecule has 0 fully saturated rings. The first-order valence-electron chi connectivity index (χ1n) is 5.86. The van der Waals surface area contributed by atoms with Crippen LogP contribution in [0.15, 0.2) is 22.7 Å². The third kappa shape index (κ3) is 3.48. The molecule has 0 radical (unpaired) electrons. The summed E-state index contributed by atoms with van der Waals surface area (Å²) >= 11 is 2.83. The van der Waals surface area contributed by atoms with E-state index in [0.29, 0.717) is 23.3 Å². The number of rotatable bonds is 6. The monoisotopic (exact) mass is 297 g/mol. The van der Waals surface area contributed by atoms with E-state index in [2.05, 4.69) is 15.5 Å². The summed E-state index contributed by atoms with van der Waals surface area (Å²) in [4.78, 5) is 12.4. The maximum atomic E-state index is 11.5. The highest BCUT2D eigenvalue weighted by Gasteiger charge is 2.13. The predicted molar refractivity (Wildman–Crippen MR) is 77.5 cm³/mol. The Kier molecular flexibility index (Phi) is 4.80. The lowest BCUT2D eigenvalue weighted by Gasteiger charge is -2.03. The normalized spacial score (nSPS) is 10.6. The second-order valence-corrected chi connectivity index (χ2v) is 5.68. The second-order valence-electron chi connectivity index (χ2n) is 3.79. The highest BCUT2D eigenvalue weighted by Crippen LogP contribution is 2.24. The minimum atomic E-state index is -0.0208. The molecule has 8 heteroatoms. The van der Waals surface area contributed by atoms with Crippen molar-refractivity contribution in [2.45, 2.75) is 18.5 Å². The Labute approximate surface area is 119 Å². The van der Waals surface area contributed by atoms with Crippen LogP contribution in [0.5, 0.6) is 0 Å². The third-order valence-electron chi connectivity index (χ3n) is 2.31. The summed E-state index contributed by atoms with van der Waals surface area (Å²) in [5.41, 5.74) is 0. The van der Waals surface area contributed by atoms with Gasteiger partial charge in [0, 0.05) is 6.54 Å². The average Bonchev–Trinajstić information content (AvgIpc) is 3.03. The number of carbonyl (C=O) groups is 1. The zero-order valence-corrected chi connectivity index (χ0v) is 12.1. The minimum Gasteiger partial charge on any atom is -0.355 e. The Morgan fingerprint density at radius 3 is 3.11 bits per heavy atom. The van der Waals surface area contributed by atoms with Crippen LogP contribution < -0.4 is 11.2 Å². The maximum absolute atomic E-state index is 11.5. The zero-order chi connectivity index (χ0) is 13.7. The first-order valence-corrected chi connectivity index (χ1v) is 7.72. The molecular weight excluding hydrogens is 282 g/mol. The Hall–Kier alpha value is -1.54. The highest BCUT2D eigenvalue weighted by molar-refractivity contribution is 7.99. The van der Waals surface area contributed by atoms with Gasteiger partial charge in [-0.2, -0.15) is 0 Å². The van der Waals surface area contributed by atoms with Gasteiger partial charge in [-0.05, 0) is 17.9 Å². The van der Waals surface area contributed by atoms with Gasteiger partial charge in [0.05, 0.1) is 10.6 Å². The number of amides is 1. The number of nitrogen functional groups attached to an aromatic ring is 1. The van der Waals surface area contributed by atoms with Crippen molar-refractivity contribution < 1.29 is 4.79 Å². The topological polar surface area (TPSA) is 85.8 Å². The molecule has 0 aromatic carbocycles. The molecule has 1 amide bonds. The Balaban J connectivity index is 1.97. The highest BCUT2D eigenvalue weighted by atomic mass is 32.2. The van der Waals surface area contributed by atoms with Gasteiger partial charge in [0.15, 0.2) is 5.82 Å². The van der Waals surface area contributed by atoms with E-state index in [1.165, 1.54) is 16.4 Å². The first-order chi connectivity index (χ1) is 9.22. The molecule has 19 heavy (non-hydrogen) atoms. The van der Waals surface area contributed by atoms with E-state index in [9.17, 15) is 4.79 Å². The largest absolute Gasteiger partial charge is 0.355 e. The predicted octanol–water partition coefficient (Wildman–Crippen LogP) is 1.34. The van der Waals surface area contributed by atoms with Crippen LogP contribution in [0.2, 0.25) is 0 Å². The van der Waals surface area contributed by atoms with Gasteiger partial charge in [0.1, 0.15) is 0 Å². The molecule has 3 N–H and O–H groups in total. The molecule has 0 bridgehead atoms. The molecule has 2 rings (SSSR count). The average molecular weight is 297 g/mol. The molecule has 0 aliphatic heterocycles. The summed E-state index contributed by atoms with van der Waals surface area (Å²) in [6.07, 6.45) is 0.923. The molecule has 6 nitrogen and oxygen atoms in total. The van der Waals surface area contributed by atoms with Crippen molar-refractivity contribution in [3.63, 3.8) is 0 Å². The van der Waals surface area contributed by atoms with Crippen LogP contribution in [0.25, 0.3) is 10.7 Å². The fraction of sp³-hybridized carbons (Fsp3) is 0.364. The Bertz CT molecular complexity index is 537. The Morgan fingerprint density at radius 1 is 1.58 bits per heavy atom. The lowest BCUT2D eigenvalue weighted by atomic mass is 10.4. The standard InChI is InChI=1S/C11H15N5OS2/c1-2-5-13-9(17)7-19-11-15-14-10(16(11)12)8-4-3-6-18-8/h3-4,6H,2,5,7,12H2,1H3,(H,13,17). The smallest absolute Gasteiger partial charge is 0.230 e. The third-order valence-corrected chi connectivity index (χ3v) is 4.12. The SMILES string of the molecule is CCCNC(=O)CSc1nnc(-c2cccs2)n1N. The quantitative estimate of drug-likeness (QED) is 0.621. The molecular formula is C11H15N5OS2. The lowest BCUT2D eigenvalue weighted by Crippen LogP contribution is -2.26. The molecule has 2 aromatic heterocycles. The van der Waals surface area contributed by atoms with Crippen molar-refractivity contribution in [2.24, 2.45) is 0 Å². The molecule has 0 aliphatic rings. The lowest BCUT2D eigenvalue weighted by molar-refractivity contribution is -0.118. The van der Waals surface area contributed by atoms with Crippen molar-refractivity contribution in [2.75, 3.05) is 18.1 Å². The summed E-state index contributed by atoms with van der Waals surface area (Å²) in [6, 6.07) is 3.86. The van der Waals surface area contributed by atoms with E-state index in [0.717, 1.165) is 11.3 Å². The number of nitrogens with zero attached hydrogens (tertiary/aromatic N) is 3. The van der Waals surface area contributed by atoms with Gasteiger partial charge in [-0.25, -0.2) is 4.68 Å². The molecule has 2 heterocycles. The molecule has 0 unspecified atom stereocenters. The molecule has 102 valence electrons. The Morgan fingerprint density at radius 2 is 2.42 bits per heavy atom. The van der Waals surface area contributed by atoms with Gasteiger partial charge >= 0.3 is 0 Å². The molecule has 0 saturated heterocycles. The van der Waals surface area contributed by atoms with Crippen LogP contribution in [-0.2, 0) is 4.79 Å². The fourth-order valence-electron chi connectivity index (χ4n) is 1.39. The minimum absolute atomic E-state index is 0.0208. The molecule has 2 aromatic rings. The van der Waals surface area contributed by atoms with Gasteiger partial charge < -0.3 is 11.2 Å². The molecule has 0 spiro atoms. The number of aromatic nitrogens is 3. The summed E-state index contributed by atoms with van der Waals surface area (Å²) < 4.78 is 1.42. The van der Waals surface area contributed by atoms with Gasteiger partial charge in [0.2, 0.25) is 11.1 Å². The van der Waals surface area contributed by atoms with Crippen molar-refractivity contribution in [1.29, 1.82) is 0 Å². The molecule has 0 aliphatic carbocycles. The number of carbonyl (C=O) groups excluding carboxylic acids is 1. The van der Waals surface area contributed by atoms with Crippen LogP contribution in [0.4, 0.5) is 0 Å². The van der Waals surface area contributed by atoms with E-state index in [1.807, 2.05) is 24.4 Å². The fourth-order valence-corrected chi connectivity index (χ4v) is 2.79. The summed E-state index contributed by atoms with van der Waals surface area (Å²) in [6.45, 7) is 2.70. The maximum Gasteiger partial charge on any atom is 0.230 e. The van der Waals surface area contributed by atoms with Gasteiger partial charge in [-0.15, -0.1) is 21.5 Å². The van der Waals surface area contributed by atoms with Crippen LogP contribution in [0.1, 0.15) is 13.3 Å². The van der Waals surface area contributed by atoms with Crippen molar-refractivity contribution in [3.8, 4) is 10.7 Å². The number of nitrogens with two attached hydrogens (primary N) is 1. The first kappa shape index (κ1) is 13.9. The van der Waals surface area contributed by atoms with Crippen LogP contribution >= 0.6 is 23.1 Å². The van der Waals surface area contributed by atoms with Gasteiger partial charge in [-0.1, -0.05) is 24.8 Å². The number of thioether (sulfide) groups is 1. The van der Waals surface area contributed by atoms with Crippen molar-refractivity contribution in [3.05, 3.63) is 17.5 Å². The van der Waals surface area contributed by atoms with E-state index >= 15 is 0 Å².